The predicted octanol–water partition coefficient (Wildman–Crippen LogP) is 2.97. The fourth-order valence-electron chi connectivity index (χ4n) is 2.25. The summed E-state index contributed by atoms with van der Waals surface area (Å²) in [6.07, 6.45) is 2.62. The van der Waals surface area contributed by atoms with Gasteiger partial charge in [0.25, 0.3) is 0 Å². The standard InChI is InChI=1S/C16H17N3O2/c1-11(16-18-13-6-2-3-7-14(13)19-16)17-15(20)9-8-12-5-4-10-21-12/h2-7,10-11H,8-9H2,1H3,(H,17,20)(H,18,19)/t11-/m0/s1. The van der Waals surface area contributed by atoms with Gasteiger partial charge in [-0.2, -0.15) is 0 Å². The lowest BCUT2D eigenvalue weighted by molar-refractivity contribution is -0.121. The third kappa shape index (κ3) is 3.13. The molecule has 0 unspecified atom stereocenters. The Kier molecular flexibility index (Phi) is 3.73. The average Bonchev–Trinajstić information content (AvgIpc) is 3.14. The Morgan fingerprint density at radius 3 is 2.95 bits per heavy atom. The molecular formula is C16H17N3O2. The number of H-pyrrole nitrogens is 1. The third-order valence-electron chi connectivity index (χ3n) is 3.37. The molecule has 2 aromatic heterocycles. The van der Waals surface area contributed by atoms with E-state index in [4.69, 9.17) is 4.42 Å². The van der Waals surface area contributed by atoms with Crippen molar-refractivity contribution in [2.24, 2.45) is 0 Å². The van der Waals surface area contributed by atoms with Gasteiger partial charge in [-0.25, -0.2) is 4.98 Å². The van der Waals surface area contributed by atoms with Crippen molar-refractivity contribution in [2.75, 3.05) is 0 Å². The van der Waals surface area contributed by atoms with Crippen molar-refractivity contribution in [3.05, 3.63) is 54.2 Å². The number of nitrogens with one attached hydrogen (secondary N) is 2. The minimum atomic E-state index is -0.151. The van der Waals surface area contributed by atoms with E-state index in [-0.39, 0.29) is 11.9 Å². The smallest absolute Gasteiger partial charge is 0.221 e. The highest BCUT2D eigenvalue weighted by Crippen LogP contribution is 2.15. The summed E-state index contributed by atoms with van der Waals surface area (Å²) in [5.74, 6) is 1.57. The van der Waals surface area contributed by atoms with Crippen LogP contribution in [0.4, 0.5) is 0 Å². The normalized spacial score (nSPS) is 12.4. The van der Waals surface area contributed by atoms with Gasteiger partial charge in [0.15, 0.2) is 0 Å². The highest BCUT2D eigenvalue weighted by Gasteiger charge is 2.13. The maximum Gasteiger partial charge on any atom is 0.221 e. The van der Waals surface area contributed by atoms with Crippen molar-refractivity contribution in [3.8, 4) is 0 Å². The molecule has 0 saturated carbocycles. The molecule has 0 radical (unpaired) electrons. The van der Waals surface area contributed by atoms with Crippen molar-refractivity contribution in [3.63, 3.8) is 0 Å². The van der Waals surface area contributed by atoms with Crippen molar-refractivity contribution < 1.29 is 9.21 Å². The number of para-hydroxylation sites is 2. The van der Waals surface area contributed by atoms with Crippen LogP contribution in [0.5, 0.6) is 0 Å². The monoisotopic (exact) mass is 283 g/mol. The number of amides is 1. The quantitative estimate of drug-likeness (QED) is 0.756. The summed E-state index contributed by atoms with van der Waals surface area (Å²) in [6.45, 7) is 1.92. The number of nitrogens with zero attached hydrogens (tertiary/aromatic N) is 1. The summed E-state index contributed by atoms with van der Waals surface area (Å²) in [5.41, 5.74) is 1.88. The number of furan rings is 1. The maximum absolute atomic E-state index is 11.9. The number of rotatable bonds is 5. The molecule has 3 aromatic rings. The van der Waals surface area contributed by atoms with Crippen LogP contribution in [0.1, 0.15) is 31.0 Å². The summed E-state index contributed by atoms with van der Waals surface area (Å²) in [5, 5.41) is 2.95. The number of carbonyl (C=O) groups is 1. The number of hydrogen-bond acceptors (Lipinski definition) is 3. The first kappa shape index (κ1) is 13.4. The second kappa shape index (κ2) is 5.83. The second-order valence-electron chi connectivity index (χ2n) is 5.01. The lowest BCUT2D eigenvalue weighted by atomic mass is 10.2. The van der Waals surface area contributed by atoms with E-state index in [1.54, 1.807) is 6.26 Å². The van der Waals surface area contributed by atoms with Crippen LogP contribution in [0.15, 0.2) is 47.1 Å². The molecule has 0 saturated heterocycles. The Hall–Kier alpha value is -2.56. The number of imidazole rings is 1. The Balaban J connectivity index is 1.60. The summed E-state index contributed by atoms with van der Waals surface area (Å²) in [4.78, 5) is 19.7. The Morgan fingerprint density at radius 1 is 1.33 bits per heavy atom. The fraction of sp³-hybridized carbons (Fsp3) is 0.250. The van der Waals surface area contributed by atoms with E-state index in [1.165, 1.54) is 0 Å². The number of fused-ring (bicyclic) bond motifs is 1. The predicted molar refractivity (Wildman–Crippen MR) is 79.7 cm³/mol. The fourth-order valence-corrected chi connectivity index (χ4v) is 2.25. The summed E-state index contributed by atoms with van der Waals surface area (Å²) in [7, 11) is 0. The Labute approximate surface area is 122 Å². The van der Waals surface area contributed by atoms with E-state index in [9.17, 15) is 4.79 Å². The molecule has 1 atom stereocenters. The van der Waals surface area contributed by atoms with Crippen LogP contribution in [-0.4, -0.2) is 15.9 Å². The zero-order valence-corrected chi connectivity index (χ0v) is 11.8. The zero-order valence-electron chi connectivity index (χ0n) is 11.8. The SMILES string of the molecule is C[C@H](NC(=O)CCc1ccco1)c1nc2ccccc2[nH]1. The number of benzene rings is 1. The molecule has 21 heavy (non-hydrogen) atoms. The van der Waals surface area contributed by atoms with Gasteiger partial charge in [-0.15, -0.1) is 0 Å². The molecule has 5 heteroatoms. The van der Waals surface area contributed by atoms with Crippen LogP contribution in [0.3, 0.4) is 0 Å². The summed E-state index contributed by atoms with van der Waals surface area (Å²) < 4.78 is 5.21. The van der Waals surface area contributed by atoms with Crippen LogP contribution < -0.4 is 5.32 Å². The minimum Gasteiger partial charge on any atom is -0.469 e. The van der Waals surface area contributed by atoms with E-state index in [0.717, 1.165) is 22.6 Å². The van der Waals surface area contributed by atoms with Crippen LogP contribution in [0, 0.1) is 0 Å². The van der Waals surface area contributed by atoms with Gasteiger partial charge >= 0.3 is 0 Å². The van der Waals surface area contributed by atoms with E-state index < -0.39 is 0 Å². The molecule has 1 amide bonds. The zero-order chi connectivity index (χ0) is 14.7. The highest BCUT2D eigenvalue weighted by atomic mass is 16.3. The maximum atomic E-state index is 11.9. The molecule has 0 aliphatic heterocycles. The molecule has 2 heterocycles. The number of carbonyl (C=O) groups excluding carboxylic acids is 1. The number of aromatic amines is 1. The van der Waals surface area contributed by atoms with Crippen molar-refractivity contribution in [1.29, 1.82) is 0 Å². The van der Waals surface area contributed by atoms with Crippen molar-refractivity contribution in [1.82, 2.24) is 15.3 Å². The van der Waals surface area contributed by atoms with Crippen LogP contribution in [0.2, 0.25) is 0 Å². The van der Waals surface area contributed by atoms with Gasteiger partial charge < -0.3 is 14.7 Å². The summed E-state index contributed by atoms with van der Waals surface area (Å²) in [6, 6.07) is 11.4. The first-order valence-electron chi connectivity index (χ1n) is 6.99. The van der Waals surface area contributed by atoms with E-state index >= 15 is 0 Å². The Morgan fingerprint density at radius 2 is 2.19 bits per heavy atom. The molecule has 0 fully saturated rings. The van der Waals surface area contributed by atoms with Gasteiger partial charge in [0.2, 0.25) is 5.91 Å². The molecule has 2 N–H and O–H groups in total. The molecular weight excluding hydrogens is 266 g/mol. The first-order valence-corrected chi connectivity index (χ1v) is 6.99. The highest BCUT2D eigenvalue weighted by molar-refractivity contribution is 5.77. The van der Waals surface area contributed by atoms with Gasteiger partial charge in [-0.05, 0) is 31.2 Å². The number of aryl methyl sites for hydroxylation is 1. The van der Waals surface area contributed by atoms with E-state index in [2.05, 4.69) is 15.3 Å². The van der Waals surface area contributed by atoms with Crippen LogP contribution in [-0.2, 0) is 11.2 Å². The first-order chi connectivity index (χ1) is 10.2. The van der Waals surface area contributed by atoms with Gasteiger partial charge in [-0.1, -0.05) is 12.1 Å². The molecule has 5 nitrogen and oxygen atoms in total. The molecule has 0 aliphatic carbocycles. The van der Waals surface area contributed by atoms with Gasteiger partial charge in [0, 0.05) is 12.8 Å². The van der Waals surface area contributed by atoms with Gasteiger partial charge in [0.1, 0.15) is 11.6 Å². The minimum absolute atomic E-state index is 0.0145. The second-order valence-corrected chi connectivity index (χ2v) is 5.01. The molecule has 0 spiro atoms. The van der Waals surface area contributed by atoms with Gasteiger partial charge in [-0.3, -0.25) is 4.79 Å². The van der Waals surface area contributed by atoms with Crippen LogP contribution in [0.25, 0.3) is 11.0 Å². The molecule has 0 aliphatic rings. The molecule has 108 valence electrons. The molecule has 3 rings (SSSR count). The molecule has 0 bridgehead atoms. The lowest BCUT2D eigenvalue weighted by Gasteiger charge is -2.10. The van der Waals surface area contributed by atoms with Gasteiger partial charge in [0.05, 0.1) is 23.3 Å². The van der Waals surface area contributed by atoms with Crippen molar-refractivity contribution in [2.45, 2.75) is 25.8 Å². The van der Waals surface area contributed by atoms with Crippen molar-refractivity contribution >= 4 is 16.9 Å². The van der Waals surface area contributed by atoms with E-state index in [0.29, 0.717) is 12.8 Å². The number of aromatic nitrogens is 2. The number of hydrogen-bond donors (Lipinski definition) is 2. The van der Waals surface area contributed by atoms with Crippen LogP contribution >= 0.6 is 0 Å². The molecule has 1 aromatic carbocycles. The lowest BCUT2D eigenvalue weighted by Crippen LogP contribution is -2.27. The Bertz CT molecular complexity index is 698. The summed E-state index contributed by atoms with van der Waals surface area (Å²) >= 11 is 0. The largest absolute Gasteiger partial charge is 0.469 e. The third-order valence-corrected chi connectivity index (χ3v) is 3.37. The van der Waals surface area contributed by atoms with E-state index in [1.807, 2.05) is 43.3 Å². The average molecular weight is 283 g/mol. The topological polar surface area (TPSA) is 70.9 Å².